The molecule has 0 aromatic rings. The van der Waals surface area contributed by atoms with E-state index in [1.165, 1.54) is 0 Å². The lowest BCUT2D eigenvalue weighted by Gasteiger charge is -2.06. The Bertz CT molecular complexity index is 116. The molecule has 0 aromatic heterocycles. The van der Waals surface area contributed by atoms with Crippen LogP contribution < -0.4 is 5.11 Å². The summed E-state index contributed by atoms with van der Waals surface area (Å²) in [6.07, 6.45) is -3.56. The van der Waals surface area contributed by atoms with Crippen LogP contribution >= 0.6 is 0 Å². The molecule has 3 nitrogen and oxygen atoms in total. The second kappa shape index (κ2) is 5.88. The second-order valence-electron chi connectivity index (χ2n) is 1.99. The number of hydrogen-bond donors (Lipinski definition) is 0. The molecule has 0 atom stereocenters. The van der Waals surface area contributed by atoms with Crippen molar-refractivity contribution in [2.24, 2.45) is 0 Å². The molecule has 11 heavy (non-hydrogen) atoms. The molecule has 0 amide bonds. The Kier molecular flexibility index (Phi) is 5.42. The van der Waals surface area contributed by atoms with Gasteiger partial charge >= 0.3 is 0 Å². The van der Waals surface area contributed by atoms with Crippen LogP contribution in [0.5, 0.6) is 0 Å². The Morgan fingerprint density at radius 1 is 1.45 bits per heavy atom. The Morgan fingerprint density at radius 2 is 2.09 bits per heavy atom. The van der Waals surface area contributed by atoms with Crippen LogP contribution in [0.3, 0.4) is 0 Å². The topological polar surface area (TPSA) is 49.4 Å². The first-order valence-electron chi connectivity index (χ1n) is 3.25. The maximum absolute atomic E-state index is 11.5. The third-order valence-corrected chi connectivity index (χ3v) is 1.04. The largest absolute Gasteiger partial charge is 0.550 e. The molecule has 5 heteroatoms. The number of hydrogen-bond acceptors (Lipinski definition) is 3. The number of carbonyl (C=O) groups is 1. The molecule has 0 rings (SSSR count). The highest BCUT2D eigenvalue weighted by Crippen LogP contribution is 2.04. The fourth-order valence-electron chi connectivity index (χ4n) is 0.556. The highest BCUT2D eigenvalue weighted by molar-refractivity contribution is 5.53. The fraction of sp³-hybridized carbons (Fsp3) is 0.833. The molecule has 0 radical (unpaired) electrons. The molecule has 0 spiro atoms. The summed E-state index contributed by atoms with van der Waals surface area (Å²) in [4.78, 5) is 9.61. The van der Waals surface area contributed by atoms with Gasteiger partial charge in [-0.15, -0.1) is 0 Å². The fourth-order valence-corrected chi connectivity index (χ4v) is 0.556. The Labute approximate surface area is 63.0 Å². The lowest BCUT2D eigenvalue weighted by atomic mass is 10.2. The van der Waals surface area contributed by atoms with Gasteiger partial charge in [0, 0.05) is 13.0 Å². The summed E-state index contributed by atoms with van der Waals surface area (Å²) in [5, 5.41) is 9.61. The van der Waals surface area contributed by atoms with Crippen molar-refractivity contribution in [1.82, 2.24) is 0 Å². The van der Waals surface area contributed by atoms with Crippen molar-refractivity contribution in [3.8, 4) is 0 Å². The number of rotatable bonds is 5. The lowest BCUT2D eigenvalue weighted by Crippen LogP contribution is -2.23. The smallest absolute Gasteiger partial charge is 0.251 e. The summed E-state index contributed by atoms with van der Waals surface area (Å²) in [6.45, 7) is -0.0605. The van der Waals surface area contributed by atoms with Crippen molar-refractivity contribution in [1.29, 1.82) is 0 Å². The third kappa shape index (κ3) is 9.13. The van der Waals surface area contributed by atoms with Crippen LogP contribution in [-0.4, -0.2) is 19.2 Å². The second-order valence-corrected chi connectivity index (χ2v) is 1.99. The summed E-state index contributed by atoms with van der Waals surface area (Å²) in [5.74, 6) is 0. The van der Waals surface area contributed by atoms with Gasteiger partial charge in [-0.3, -0.25) is 0 Å². The van der Waals surface area contributed by atoms with Crippen LogP contribution in [0.2, 0.25) is 0 Å². The van der Waals surface area contributed by atoms with E-state index in [9.17, 15) is 18.7 Å². The van der Waals surface area contributed by atoms with Crippen molar-refractivity contribution >= 4 is 6.16 Å². The SMILES string of the molecule is O=C([O-])OCCCCC(F)F. The van der Waals surface area contributed by atoms with Gasteiger partial charge in [-0.2, -0.15) is 0 Å². The summed E-state index contributed by atoms with van der Waals surface area (Å²) in [5.41, 5.74) is 0. The zero-order valence-corrected chi connectivity index (χ0v) is 5.89. The first-order valence-corrected chi connectivity index (χ1v) is 3.25. The van der Waals surface area contributed by atoms with Crippen LogP contribution in [0.15, 0.2) is 0 Å². The highest BCUT2D eigenvalue weighted by atomic mass is 19.3. The average Bonchev–Trinajstić information content (AvgIpc) is 1.85. The molecule has 0 unspecified atom stereocenters. The van der Waals surface area contributed by atoms with Crippen molar-refractivity contribution in [3.05, 3.63) is 0 Å². The van der Waals surface area contributed by atoms with Crippen LogP contribution in [0.1, 0.15) is 19.3 Å². The molecule has 66 valence electrons. The Morgan fingerprint density at radius 3 is 2.55 bits per heavy atom. The molecule has 0 aliphatic carbocycles. The molecule has 0 N–H and O–H groups in total. The highest BCUT2D eigenvalue weighted by Gasteiger charge is 1.99. The molecule has 0 fully saturated rings. The van der Waals surface area contributed by atoms with Gasteiger partial charge in [0.25, 0.3) is 6.16 Å². The Balaban J connectivity index is 2.97. The molecule has 0 bridgehead atoms. The minimum absolute atomic E-state index is 0.0605. The van der Waals surface area contributed by atoms with Gasteiger partial charge in [0.1, 0.15) is 0 Å². The van der Waals surface area contributed by atoms with E-state index in [0.29, 0.717) is 6.42 Å². The maximum atomic E-state index is 11.5. The van der Waals surface area contributed by atoms with Gasteiger partial charge < -0.3 is 14.6 Å². The van der Waals surface area contributed by atoms with Gasteiger partial charge in [-0.1, -0.05) is 0 Å². The van der Waals surface area contributed by atoms with E-state index in [-0.39, 0.29) is 19.4 Å². The number of alkyl halides is 2. The summed E-state index contributed by atoms with van der Waals surface area (Å²) < 4.78 is 26.9. The lowest BCUT2D eigenvalue weighted by molar-refractivity contribution is -0.282. The zero-order valence-electron chi connectivity index (χ0n) is 5.89. The summed E-state index contributed by atoms with van der Waals surface area (Å²) >= 11 is 0. The molecule has 0 aromatic carbocycles. The van der Waals surface area contributed by atoms with Gasteiger partial charge in [-0.05, 0) is 12.8 Å². The maximum Gasteiger partial charge on any atom is 0.251 e. The minimum Gasteiger partial charge on any atom is -0.550 e. The molecular weight excluding hydrogens is 158 g/mol. The molecule has 0 saturated heterocycles. The molecule has 0 saturated carbocycles. The van der Waals surface area contributed by atoms with Gasteiger partial charge in [0.15, 0.2) is 0 Å². The van der Waals surface area contributed by atoms with Crippen LogP contribution in [-0.2, 0) is 4.74 Å². The standard InChI is InChI=1S/C6H10F2O3/c7-5(8)3-1-2-4-11-6(9)10/h5H,1-4H2,(H,9,10)/p-1. The number of unbranched alkanes of at least 4 members (excludes halogenated alkanes) is 1. The van der Waals surface area contributed by atoms with Crippen LogP contribution in [0.4, 0.5) is 13.6 Å². The average molecular weight is 167 g/mol. The number of ether oxygens (including phenoxy) is 1. The van der Waals surface area contributed by atoms with E-state index >= 15 is 0 Å². The van der Waals surface area contributed by atoms with Gasteiger partial charge in [-0.25, -0.2) is 8.78 Å². The van der Waals surface area contributed by atoms with Crippen LogP contribution in [0, 0.1) is 0 Å². The summed E-state index contributed by atoms with van der Waals surface area (Å²) in [6, 6.07) is 0. The third-order valence-electron chi connectivity index (χ3n) is 1.04. The van der Waals surface area contributed by atoms with Gasteiger partial charge in [0.2, 0.25) is 6.43 Å². The van der Waals surface area contributed by atoms with Crippen molar-refractivity contribution in [2.45, 2.75) is 25.7 Å². The van der Waals surface area contributed by atoms with E-state index in [0.717, 1.165) is 0 Å². The normalized spacial score (nSPS) is 10.1. The van der Waals surface area contributed by atoms with E-state index in [2.05, 4.69) is 4.74 Å². The number of halogens is 2. The predicted molar refractivity (Wildman–Crippen MR) is 31.2 cm³/mol. The molecular formula is C6H9F2O3-. The van der Waals surface area contributed by atoms with Gasteiger partial charge in [0.05, 0.1) is 0 Å². The van der Waals surface area contributed by atoms with E-state index in [1.807, 2.05) is 0 Å². The molecule has 0 aliphatic heterocycles. The quantitative estimate of drug-likeness (QED) is 0.449. The monoisotopic (exact) mass is 167 g/mol. The first kappa shape index (κ1) is 10.1. The van der Waals surface area contributed by atoms with Crippen molar-refractivity contribution in [3.63, 3.8) is 0 Å². The van der Waals surface area contributed by atoms with E-state index in [1.54, 1.807) is 0 Å². The Hall–Kier alpha value is -0.870. The number of carboxylic acid groups (broad SMARTS) is 1. The predicted octanol–water partition coefficient (Wildman–Crippen LogP) is 0.782. The number of carbonyl (C=O) groups excluding carboxylic acids is 1. The van der Waals surface area contributed by atoms with E-state index < -0.39 is 12.6 Å². The van der Waals surface area contributed by atoms with E-state index in [4.69, 9.17) is 0 Å². The minimum atomic E-state index is -2.32. The van der Waals surface area contributed by atoms with Crippen molar-refractivity contribution < 1.29 is 23.4 Å². The van der Waals surface area contributed by atoms with Crippen LogP contribution in [0.25, 0.3) is 0 Å². The molecule has 0 heterocycles. The van der Waals surface area contributed by atoms with Crippen molar-refractivity contribution in [2.75, 3.05) is 6.61 Å². The molecule has 0 aliphatic rings. The zero-order chi connectivity index (χ0) is 8.69. The summed E-state index contributed by atoms with van der Waals surface area (Å²) in [7, 11) is 0. The first-order chi connectivity index (χ1) is 5.13.